The number of benzene rings is 2. The molecule has 7 nitrogen and oxygen atoms in total. The van der Waals surface area contributed by atoms with Crippen molar-refractivity contribution in [2.45, 2.75) is 33.2 Å². The number of carbonyl (C=O) groups is 1. The van der Waals surface area contributed by atoms with E-state index < -0.39 is 6.04 Å². The Balaban J connectivity index is 1.80. The SMILES string of the molecule is CCC(C(=O)Nc1cc(Cl)ccc1OC)n1c(C)c2cnn(-c3ccccc3)c(=O)c2c1C. The Kier molecular flexibility index (Phi) is 6.24. The molecule has 0 bridgehead atoms. The van der Waals surface area contributed by atoms with Gasteiger partial charge in [0.25, 0.3) is 5.56 Å². The van der Waals surface area contributed by atoms with Crippen LogP contribution in [0.25, 0.3) is 16.5 Å². The standard InChI is InChI=1S/C25H25ClN4O3/c1-5-21(24(31)28-20-13-17(26)11-12-22(20)33-4)29-15(2)19-14-27-30(18-9-7-6-8-10-18)25(32)23(19)16(29)3/h6-14,21H,5H2,1-4H3,(H,28,31). The van der Waals surface area contributed by atoms with Crippen LogP contribution >= 0.6 is 11.6 Å². The quantitative estimate of drug-likeness (QED) is 0.433. The van der Waals surface area contributed by atoms with Crippen molar-refractivity contribution in [2.75, 3.05) is 12.4 Å². The smallest absolute Gasteiger partial charge is 0.281 e. The lowest BCUT2D eigenvalue weighted by Gasteiger charge is -2.21. The molecule has 0 spiro atoms. The zero-order valence-corrected chi connectivity index (χ0v) is 19.7. The van der Waals surface area contributed by atoms with Crippen LogP contribution in [-0.2, 0) is 4.79 Å². The lowest BCUT2D eigenvalue weighted by atomic mass is 10.1. The predicted octanol–water partition coefficient (Wildman–Crippen LogP) is 5.06. The number of halogens is 1. The normalized spacial score (nSPS) is 12.0. The number of carbonyl (C=O) groups excluding carboxylic acids is 1. The van der Waals surface area contributed by atoms with Crippen LogP contribution in [0.2, 0.25) is 5.02 Å². The molecule has 2 heterocycles. The van der Waals surface area contributed by atoms with E-state index >= 15 is 0 Å². The first-order chi connectivity index (χ1) is 15.9. The summed E-state index contributed by atoms with van der Waals surface area (Å²) in [5.41, 5.74) is 2.50. The van der Waals surface area contributed by atoms with Crippen LogP contribution in [0, 0.1) is 13.8 Å². The number of aryl methyl sites for hydroxylation is 2. The monoisotopic (exact) mass is 464 g/mol. The fourth-order valence-corrected chi connectivity index (χ4v) is 4.45. The Morgan fingerprint density at radius 1 is 1.15 bits per heavy atom. The third kappa shape index (κ3) is 4.00. The van der Waals surface area contributed by atoms with Crippen LogP contribution < -0.4 is 15.6 Å². The van der Waals surface area contributed by atoms with E-state index in [1.807, 2.05) is 55.7 Å². The molecule has 0 radical (unpaired) electrons. The predicted molar refractivity (Wildman–Crippen MR) is 131 cm³/mol. The van der Waals surface area contributed by atoms with Crippen LogP contribution in [-0.4, -0.2) is 27.4 Å². The first-order valence-electron chi connectivity index (χ1n) is 10.7. The highest BCUT2D eigenvalue weighted by atomic mass is 35.5. The van der Waals surface area contributed by atoms with Gasteiger partial charge in [0.15, 0.2) is 0 Å². The fourth-order valence-electron chi connectivity index (χ4n) is 4.28. The molecule has 1 amide bonds. The van der Waals surface area contributed by atoms with Gasteiger partial charge in [-0.25, -0.2) is 0 Å². The Hall–Kier alpha value is -3.58. The number of amides is 1. The maximum absolute atomic E-state index is 13.4. The Bertz CT molecular complexity index is 1390. The molecule has 0 aliphatic rings. The topological polar surface area (TPSA) is 78.2 Å². The minimum atomic E-state index is -0.536. The summed E-state index contributed by atoms with van der Waals surface area (Å²) in [6.45, 7) is 5.70. The van der Waals surface area contributed by atoms with Crippen molar-refractivity contribution in [3.05, 3.63) is 81.5 Å². The summed E-state index contributed by atoms with van der Waals surface area (Å²) in [7, 11) is 1.54. The van der Waals surface area contributed by atoms with Crippen LogP contribution in [0.3, 0.4) is 0 Å². The van der Waals surface area contributed by atoms with Crippen molar-refractivity contribution < 1.29 is 9.53 Å². The van der Waals surface area contributed by atoms with Gasteiger partial charge in [0.1, 0.15) is 11.8 Å². The molecule has 4 aromatic rings. The summed E-state index contributed by atoms with van der Waals surface area (Å²) in [6.07, 6.45) is 2.21. The number of ether oxygens (including phenoxy) is 1. The first kappa shape index (κ1) is 22.6. The molecular formula is C25H25ClN4O3. The summed E-state index contributed by atoms with van der Waals surface area (Å²) < 4.78 is 8.65. The van der Waals surface area contributed by atoms with Gasteiger partial charge in [0.2, 0.25) is 5.91 Å². The Morgan fingerprint density at radius 3 is 2.55 bits per heavy atom. The van der Waals surface area contributed by atoms with E-state index in [1.54, 1.807) is 24.4 Å². The van der Waals surface area contributed by atoms with Crippen LogP contribution in [0.1, 0.15) is 30.8 Å². The van der Waals surface area contributed by atoms with Crippen molar-refractivity contribution in [3.8, 4) is 11.4 Å². The summed E-state index contributed by atoms with van der Waals surface area (Å²) >= 11 is 6.12. The number of methoxy groups -OCH3 is 1. The van der Waals surface area contributed by atoms with Gasteiger partial charge in [-0.3, -0.25) is 9.59 Å². The Labute approximate surface area is 196 Å². The van der Waals surface area contributed by atoms with Crippen molar-refractivity contribution in [1.82, 2.24) is 14.3 Å². The van der Waals surface area contributed by atoms with E-state index in [0.29, 0.717) is 34.0 Å². The maximum Gasteiger partial charge on any atom is 0.281 e. The van der Waals surface area contributed by atoms with E-state index in [0.717, 1.165) is 16.8 Å². The third-order valence-electron chi connectivity index (χ3n) is 5.87. The minimum absolute atomic E-state index is 0.218. The van der Waals surface area contributed by atoms with Gasteiger partial charge in [-0.05, 0) is 50.6 Å². The van der Waals surface area contributed by atoms with Crippen molar-refractivity contribution in [2.24, 2.45) is 0 Å². The van der Waals surface area contributed by atoms with Gasteiger partial charge in [-0.2, -0.15) is 9.78 Å². The zero-order valence-electron chi connectivity index (χ0n) is 18.9. The molecule has 2 aromatic carbocycles. The van der Waals surface area contributed by atoms with E-state index in [2.05, 4.69) is 10.4 Å². The van der Waals surface area contributed by atoms with Gasteiger partial charge >= 0.3 is 0 Å². The first-order valence-corrected chi connectivity index (χ1v) is 11.0. The number of fused-ring (bicyclic) bond motifs is 1. The average molecular weight is 465 g/mol. The summed E-state index contributed by atoms with van der Waals surface area (Å²) in [5.74, 6) is 0.296. The second kappa shape index (κ2) is 9.11. The number of aromatic nitrogens is 3. The van der Waals surface area contributed by atoms with E-state index in [4.69, 9.17) is 16.3 Å². The second-order valence-corrected chi connectivity index (χ2v) is 8.22. The number of nitrogens with zero attached hydrogens (tertiary/aromatic N) is 3. The summed E-state index contributed by atoms with van der Waals surface area (Å²) in [5, 5.41) is 9.09. The van der Waals surface area contributed by atoms with E-state index in [9.17, 15) is 9.59 Å². The van der Waals surface area contributed by atoms with Gasteiger partial charge in [0.05, 0.1) is 30.1 Å². The molecule has 1 N–H and O–H groups in total. The zero-order chi connectivity index (χ0) is 23.7. The highest BCUT2D eigenvalue weighted by molar-refractivity contribution is 6.31. The highest BCUT2D eigenvalue weighted by Gasteiger charge is 2.26. The Morgan fingerprint density at radius 2 is 1.88 bits per heavy atom. The van der Waals surface area contributed by atoms with Gasteiger partial charge in [0, 0.05) is 21.8 Å². The van der Waals surface area contributed by atoms with Crippen LogP contribution in [0.4, 0.5) is 5.69 Å². The molecule has 33 heavy (non-hydrogen) atoms. The largest absolute Gasteiger partial charge is 0.495 e. The third-order valence-corrected chi connectivity index (χ3v) is 6.11. The number of anilines is 1. The molecular weight excluding hydrogens is 440 g/mol. The molecule has 8 heteroatoms. The van der Waals surface area contributed by atoms with Gasteiger partial charge in [-0.15, -0.1) is 0 Å². The number of nitrogens with one attached hydrogen (secondary N) is 1. The average Bonchev–Trinajstić information content (AvgIpc) is 3.06. The highest BCUT2D eigenvalue weighted by Crippen LogP contribution is 2.31. The van der Waals surface area contributed by atoms with Crippen LogP contribution in [0.15, 0.2) is 59.5 Å². The fraction of sp³-hybridized carbons (Fsp3) is 0.240. The minimum Gasteiger partial charge on any atom is -0.495 e. The lowest BCUT2D eigenvalue weighted by Crippen LogP contribution is -2.27. The molecule has 1 atom stereocenters. The molecule has 2 aromatic heterocycles. The second-order valence-electron chi connectivity index (χ2n) is 7.78. The molecule has 0 saturated heterocycles. The molecule has 170 valence electrons. The molecule has 0 fully saturated rings. The maximum atomic E-state index is 13.4. The molecule has 0 aliphatic carbocycles. The molecule has 0 aliphatic heterocycles. The van der Waals surface area contributed by atoms with E-state index in [1.165, 1.54) is 11.8 Å². The lowest BCUT2D eigenvalue weighted by molar-refractivity contribution is -0.119. The van der Waals surface area contributed by atoms with Crippen molar-refractivity contribution in [3.63, 3.8) is 0 Å². The molecule has 0 saturated carbocycles. The van der Waals surface area contributed by atoms with Crippen molar-refractivity contribution in [1.29, 1.82) is 0 Å². The summed E-state index contributed by atoms with van der Waals surface area (Å²) in [6, 6.07) is 13.8. The van der Waals surface area contributed by atoms with Gasteiger partial charge < -0.3 is 14.6 Å². The number of hydrogen-bond donors (Lipinski definition) is 1. The van der Waals surface area contributed by atoms with Gasteiger partial charge in [-0.1, -0.05) is 36.7 Å². The summed E-state index contributed by atoms with van der Waals surface area (Å²) in [4.78, 5) is 26.7. The van der Waals surface area contributed by atoms with E-state index in [-0.39, 0.29) is 11.5 Å². The van der Waals surface area contributed by atoms with Crippen molar-refractivity contribution >= 4 is 34.0 Å². The number of hydrogen-bond acceptors (Lipinski definition) is 4. The van der Waals surface area contributed by atoms with Crippen LogP contribution in [0.5, 0.6) is 5.75 Å². The molecule has 1 unspecified atom stereocenters. The number of para-hydroxylation sites is 1. The number of rotatable bonds is 6. The molecule has 4 rings (SSSR count).